The summed E-state index contributed by atoms with van der Waals surface area (Å²) in [4.78, 5) is 17.4. The molecule has 0 atom stereocenters. The van der Waals surface area contributed by atoms with E-state index in [0.717, 1.165) is 12.2 Å². The smallest absolute Gasteiger partial charge is 0.233 e. The van der Waals surface area contributed by atoms with Crippen molar-refractivity contribution in [3.63, 3.8) is 0 Å². The molecule has 0 aromatic carbocycles. The Bertz CT molecular complexity index is 357. The fraction of sp³-hybridized carbons (Fsp3) is 0.455. The van der Waals surface area contributed by atoms with Crippen LogP contribution < -0.4 is 5.32 Å². The lowest BCUT2D eigenvalue weighted by molar-refractivity contribution is -0.121. The first-order valence-electron chi connectivity index (χ1n) is 5.19. The molecule has 4 nitrogen and oxygen atoms in total. The van der Waals surface area contributed by atoms with E-state index in [2.05, 4.69) is 10.3 Å². The van der Waals surface area contributed by atoms with Crippen molar-refractivity contribution in [1.82, 2.24) is 15.2 Å². The maximum Gasteiger partial charge on any atom is 0.233 e. The molecule has 0 unspecified atom stereocenters. The number of nitrogens with zero attached hydrogens (tertiary/aromatic N) is 2. The van der Waals surface area contributed by atoms with E-state index in [1.165, 1.54) is 0 Å². The van der Waals surface area contributed by atoms with E-state index in [1.54, 1.807) is 19.3 Å². The van der Waals surface area contributed by atoms with Gasteiger partial charge < -0.3 is 5.32 Å². The van der Waals surface area contributed by atoms with Gasteiger partial charge >= 0.3 is 0 Å². The third-order valence-corrected chi connectivity index (χ3v) is 2.49. The Labute approximate surface area is 101 Å². The molecule has 0 fully saturated rings. The van der Waals surface area contributed by atoms with Crippen molar-refractivity contribution >= 4 is 17.5 Å². The Morgan fingerprint density at radius 3 is 2.94 bits per heavy atom. The number of halogens is 1. The van der Waals surface area contributed by atoms with Crippen molar-refractivity contribution in [1.29, 1.82) is 0 Å². The molecule has 0 bridgehead atoms. The first kappa shape index (κ1) is 12.9. The highest BCUT2D eigenvalue weighted by Crippen LogP contribution is 2.09. The lowest BCUT2D eigenvalue weighted by Crippen LogP contribution is -2.35. The van der Waals surface area contributed by atoms with Gasteiger partial charge in [0.15, 0.2) is 0 Å². The van der Waals surface area contributed by atoms with Gasteiger partial charge in [0.05, 0.1) is 12.2 Å². The normalized spacial score (nSPS) is 10.5. The summed E-state index contributed by atoms with van der Waals surface area (Å²) in [5, 5.41) is 3.27. The van der Waals surface area contributed by atoms with Crippen LogP contribution in [0.25, 0.3) is 0 Å². The highest BCUT2D eigenvalue weighted by atomic mass is 35.5. The molecule has 0 aliphatic carbocycles. The van der Waals surface area contributed by atoms with Gasteiger partial charge in [-0.15, -0.1) is 0 Å². The number of nitrogens with one attached hydrogen (secondary N) is 1. The van der Waals surface area contributed by atoms with Crippen LogP contribution in [-0.4, -0.2) is 35.9 Å². The molecule has 1 heterocycles. The summed E-state index contributed by atoms with van der Waals surface area (Å²) in [6.45, 7) is 3.81. The Kier molecular flexibility index (Phi) is 5.22. The average Bonchev–Trinajstić information content (AvgIpc) is 2.28. The first-order chi connectivity index (χ1) is 7.65. The molecule has 1 amide bonds. The largest absolute Gasteiger partial charge is 0.358 e. The van der Waals surface area contributed by atoms with Crippen LogP contribution in [0.4, 0.5) is 0 Å². The van der Waals surface area contributed by atoms with Gasteiger partial charge in [-0.05, 0) is 18.7 Å². The zero-order valence-electron chi connectivity index (χ0n) is 9.53. The highest BCUT2D eigenvalue weighted by Gasteiger charge is 2.08. The van der Waals surface area contributed by atoms with Crippen LogP contribution in [0.2, 0.25) is 5.02 Å². The van der Waals surface area contributed by atoms with E-state index in [1.807, 2.05) is 17.9 Å². The van der Waals surface area contributed by atoms with Crippen molar-refractivity contribution in [3.05, 3.63) is 29.0 Å². The maximum atomic E-state index is 11.2. The molecule has 0 saturated heterocycles. The topological polar surface area (TPSA) is 45.2 Å². The highest BCUT2D eigenvalue weighted by molar-refractivity contribution is 6.30. The van der Waals surface area contributed by atoms with Crippen molar-refractivity contribution in [3.8, 4) is 0 Å². The molecule has 1 aromatic rings. The summed E-state index contributed by atoms with van der Waals surface area (Å²) < 4.78 is 0. The molecular weight excluding hydrogens is 226 g/mol. The van der Waals surface area contributed by atoms with Crippen LogP contribution in [0.5, 0.6) is 0 Å². The fourth-order valence-corrected chi connectivity index (χ4v) is 1.51. The number of carbonyl (C=O) groups is 1. The second-order valence-electron chi connectivity index (χ2n) is 3.44. The molecule has 88 valence electrons. The molecule has 1 rings (SSSR count). The minimum absolute atomic E-state index is 0.00359. The number of hydrogen-bond donors (Lipinski definition) is 1. The summed E-state index contributed by atoms with van der Waals surface area (Å²) in [6, 6.07) is 3.55. The Morgan fingerprint density at radius 1 is 1.62 bits per heavy atom. The predicted molar refractivity (Wildman–Crippen MR) is 64.3 cm³/mol. The van der Waals surface area contributed by atoms with Gasteiger partial charge in [0, 0.05) is 24.8 Å². The van der Waals surface area contributed by atoms with E-state index < -0.39 is 0 Å². The number of aromatic nitrogens is 1. The molecule has 0 aliphatic rings. The Balaban J connectivity index is 2.59. The monoisotopic (exact) mass is 241 g/mol. The zero-order chi connectivity index (χ0) is 12.0. The van der Waals surface area contributed by atoms with E-state index in [0.29, 0.717) is 18.1 Å². The third-order valence-electron chi connectivity index (χ3n) is 2.26. The van der Waals surface area contributed by atoms with Crippen LogP contribution in [0.1, 0.15) is 12.6 Å². The first-order valence-corrected chi connectivity index (χ1v) is 5.57. The molecule has 1 N–H and O–H groups in total. The third kappa shape index (κ3) is 4.16. The van der Waals surface area contributed by atoms with Gasteiger partial charge in [0.2, 0.25) is 5.91 Å². The quantitative estimate of drug-likeness (QED) is 0.845. The van der Waals surface area contributed by atoms with E-state index in [4.69, 9.17) is 11.6 Å². The van der Waals surface area contributed by atoms with Crippen molar-refractivity contribution in [2.45, 2.75) is 13.5 Å². The molecule has 1 aromatic heterocycles. The second kappa shape index (κ2) is 6.45. The Morgan fingerprint density at radius 2 is 2.38 bits per heavy atom. The molecule has 5 heteroatoms. The number of rotatable bonds is 5. The molecule has 0 aliphatic heterocycles. The van der Waals surface area contributed by atoms with Crippen LogP contribution >= 0.6 is 11.6 Å². The number of hydrogen-bond acceptors (Lipinski definition) is 3. The summed E-state index contributed by atoms with van der Waals surface area (Å²) >= 11 is 5.87. The van der Waals surface area contributed by atoms with Crippen LogP contribution in [0, 0.1) is 0 Å². The van der Waals surface area contributed by atoms with Crippen LogP contribution in [0.15, 0.2) is 18.3 Å². The standard InChI is InChI=1S/C11H16ClN3O/c1-3-15(8-11(16)13-2)7-10-6-9(12)4-5-14-10/h4-6H,3,7-8H2,1-2H3,(H,13,16). The van der Waals surface area contributed by atoms with E-state index in [-0.39, 0.29) is 5.91 Å². The molecule has 0 spiro atoms. The fourth-order valence-electron chi connectivity index (χ4n) is 1.33. The molecule has 0 saturated carbocycles. The number of amides is 1. The summed E-state index contributed by atoms with van der Waals surface area (Å²) in [5.41, 5.74) is 0.873. The van der Waals surface area contributed by atoms with Crippen molar-refractivity contribution in [2.24, 2.45) is 0 Å². The second-order valence-corrected chi connectivity index (χ2v) is 3.88. The minimum atomic E-state index is 0.00359. The van der Waals surface area contributed by atoms with Gasteiger partial charge in [-0.1, -0.05) is 18.5 Å². The van der Waals surface area contributed by atoms with Gasteiger partial charge in [-0.2, -0.15) is 0 Å². The van der Waals surface area contributed by atoms with E-state index in [9.17, 15) is 4.79 Å². The number of pyridine rings is 1. The van der Waals surface area contributed by atoms with Gasteiger partial charge in [0.1, 0.15) is 0 Å². The maximum absolute atomic E-state index is 11.2. The minimum Gasteiger partial charge on any atom is -0.358 e. The molecule has 0 radical (unpaired) electrons. The average molecular weight is 242 g/mol. The molecule has 16 heavy (non-hydrogen) atoms. The lowest BCUT2D eigenvalue weighted by Gasteiger charge is -2.18. The predicted octanol–water partition coefficient (Wildman–Crippen LogP) is 1.30. The van der Waals surface area contributed by atoms with E-state index >= 15 is 0 Å². The zero-order valence-corrected chi connectivity index (χ0v) is 10.3. The SMILES string of the molecule is CCN(CC(=O)NC)Cc1cc(Cl)ccn1. The summed E-state index contributed by atoms with van der Waals surface area (Å²) in [6.07, 6.45) is 1.67. The van der Waals surface area contributed by atoms with Crippen LogP contribution in [0.3, 0.4) is 0 Å². The summed E-state index contributed by atoms with van der Waals surface area (Å²) in [7, 11) is 1.63. The number of carbonyl (C=O) groups excluding carboxylic acids is 1. The van der Waals surface area contributed by atoms with Crippen LogP contribution in [-0.2, 0) is 11.3 Å². The number of likely N-dealkylation sites (N-methyl/N-ethyl adjacent to an activating group) is 2. The van der Waals surface area contributed by atoms with Gasteiger partial charge in [-0.3, -0.25) is 14.7 Å². The van der Waals surface area contributed by atoms with Gasteiger partial charge in [0.25, 0.3) is 0 Å². The van der Waals surface area contributed by atoms with Gasteiger partial charge in [-0.25, -0.2) is 0 Å². The van der Waals surface area contributed by atoms with Crippen molar-refractivity contribution < 1.29 is 4.79 Å². The van der Waals surface area contributed by atoms with Crippen molar-refractivity contribution in [2.75, 3.05) is 20.1 Å². The lowest BCUT2D eigenvalue weighted by atomic mass is 10.3. The Hall–Kier alpha value is -1.13. The molecular formula is C11H16ClN3O. The summed E-state index contributed by atoms with van der Waals surface area (Å²) in [5.74, 6) is 0.00359.